The highest BCUT2D eigenvalue weighted by Crippen LogP contribution is 2.48. The number of pyridine rings is 1. The van der Waals surface area contributed by atoms with Crippen LogP contribution in [-0.4, -0.2) is 39.8 Å². The largest absolute Gasteiger partial charge is 0.474 e. The van der Waals surface area contributed by atoms with Gasteiger partial charge in [-0.15, -0.1) is 0 Å². The van der Waals surface area contributed by atoms with E-state index in [9.17, 15) is 4.79 Å². The lowest BCUT2D eigenvalue weighted by molar-refractivity contribution is -0.122. The highest BCUT2D eigenvalue weighted by molar-refractivity contribution is 5.71. The molecule has 1 aliphatic heterocycles. The zero-order valence-electron chi connectivity index (χ0n) is 12.8. The van der Waals surface area contributed by atoms with Crippen LogP contribution in [0.1, 0.15) is 40.0 Å². The molecule has 5 nitrogen and oxygen atoms in total. The normalized spacial score (nSPS) is 27.8. The van der Waals surface area contributed by atoms with Crippen LogP contribution in [0.25, 0.3) is 0 Å². The average molecular weight is 290 g/mol. The first-order chi connectivity index (χ1) is 9.88. The molecule has 0 N–H and O–H groups in total. The van der Waals surface area contributed by atoms with E-state index in [0.29, 0.717) is 5.88 Å². The van der Waals surface area contributed by atoms with Crippen LogP contribution in [0.5, 0.6) is 5.88 Å². The van der Waals surface area contributed by atoms with Gasteiger partial charge in [0.25, 0.3) is 0 Å². The molecule has 1 saturated carbocycles. The van der Waals surface area contributed by atoms with E-state index in [0.717, 1.165) is 25.8 Å². The van der Waals surface area contributed by atoms with E-state index in [4.69, 9.17) is 9.47 Å². The number of nitrogens with zero attached hydrogens (tertiary/aromatic N) is 2. The van der Waals surface area contributed by atoms with Crippen molar-refractivity contribution >= 4 is 6.09 Å². The molecule has 1 amide bonds. The minimum absolute atomic E-state index is 0.0399. The van der Waals surface area contributed by atoms with Gasteiger partial charge in [-0.25, -0.2) is 9.78 Å². The molecule has 2 heterocycles. The smallest absolute Gasteiger partial charge is 0.410 e. The van der Waals surface area contributed by atoms with Gasteiger partial charge in [-0.3, -0.25) is 0 Å². The number of aromatic nitrogens is 1. The van der Waals surface area contributed by atoms with E-state index in [1.807, 2.05) is 43.9 Å². The molecule has 0 atom stereocenters. The molecule has 114 valence electrons. The molecule has 0 bridgehead atoms. The number of amides is 1. The number of likely N-dealkylation sites (tertiary alicyclic amines) is 1. The van der Waals surface area contributed by atoms with Crippen LogP contribution in [0.2, 0.25) is 0 Å². The van der Waals surface area contributed by atoms with Crippen molar-refractivity contribution < 1.29 is 14.3 Å². The molecule has 0 unspecified atom stereocenters. The lowest BCUT2D eigenvalue weighted by Gasteiger charge is -2.60. The summed E-state index contributed by atoms with van der Waals surface area (Å²) in [5, 5.41) is 0. The molecule has 5 heteroatoms. The summed E-state index contributed by atoms with van der Waals surface area (Å²) in [5.74, 6) is 0.653. The summed E-state index contributed by atoms with van der Waals surface area (Å²) in [6.07, 6.45) is 4.43. The van der Waals surface area contributed by atoms with Gasteiger partial charge in [-0.05, 0) is 33.3 Å². The van der Waals surface area contributed by atoms with Crippen LogP contribution in [0.4, 0.5) is 4.79 Å². The van der Waals surface area contributed by atoms with E-state index in [2.05, 4.69) is 4.98 Å². The van der Waals surface area contributed by atoms with Gasteiger partial charge in [0, 0.05) is 31.6 Å². The van der Waals surface area contributed by atoms with Gasteiger partial charge in [-0.2, -0.15) is 0 Å². The molecule has 1 saturated heterocycles. The van der Waals surface area contributed by atoms with Crippen molar-refractivity contribution in [1.82, 2.24) is 9.88 Å². The Kier molecular flexibility index (Phi) is 3.30. The van der Waals surface area contributed by atoms with Gasteiger partial charge in [0.1, 0.15) is 11.7 Å². The topological polar surface area (TPSA) is 51.7 Å². The van der Waals surface area contributed by atoms with E-state index in [1.54, 1.807) is 6.20 Å². The Bertz CT molecular complexity index is 518. The number of rotatable bonds is 2. The second-order valence-electron chi connectivity index (χ2n) is 6.92. The molecular weight excluding hydrogens is 268 g/mol. The van der Waals surface area contributed by atoms with Crippen LogP contribution in [0.15, 0.2) is 24.4 Å². The molecular formula is C16H22N2O3. The Labute approximate surface area is 125 Å². The first kappa shape index (κ1) is 14.2. The first-order valence-electron chi connectivity index (χ1n) is 7.46. The van der Waals surface area contributed by atoms with Gasteiger partial charge in [0.2, 0.25) is 5.88 Å². The number of carbonyl (C=O) groups is 1. The Balaban J connectivity index is 1.53. The van der Waals surface area contributed by atoms with Crippen LogP contribution in [0, 0.1) is 0 Å². The Morgan fingerprint density at radius 2 is 2.14 bits per heavy atom. The highest BCUT2D eigenvalue weighted by atomic mass is 16.6. The van der Waals surface area contributed by atoms with Crippen LogP contribution in [0.3, 0.4) is 0 Å². The Hall–Kier alpha value is -1.78. The van der Waals surface area contributed by atoms with Crippen molar-refractivity contribution in [2.24, 2.45) is 0 Å². The first-order valence-corrected chi connectivity index (χ1v) is 7.46. The third-order valence-corrected chi connectivity index (χ3v) is 4.13. The average Bonchev–Trinajstić information content (AvgIpc) is 2.30. The SMILES string of the molecule is CC(C)(C)OC(=O)N1CCC12CC(Oc1ccccn1)C2. The van der Waals surface area contributed by atoms with Gasteiger partial charge in [-0.1, -0.05) is 6.07 Å². The molecule has 0 aromatic carbocycles. The van der Waals surface area contributed by atoms with Gasteiger partial charge < -0.3 is 14.4 Å². The molecule has 1 spiro atoms. The fraction of sp³-hybridized carbons (Fsp3) is 0.625. The number of carbonyl (C=O) groups excluding carboxylic acids is 1. The Morgan fingerprint density at radius 3 is 2.67 bits per heavy atom. The highest BCUT2D eigenvalue weighted by Gasteiger charge is 2.57. The fourth-order valence-corrected chi connectivity index (χ4v) is 3.03. The summed E-state index contributed by atoms with van der Waals surface area (Å²) in [6.45, 7) is 6.46. The zero-order valence-corrected chi connectivity index (χ0v) is 12.8. The molecule has 2 aliphatic rings. The lowest BCUT2D eigenvalue weighted by atomic mass is 9.66. The second-order valence-corrected chi connectivity index (χ2v) is 6.92. The van der Waals surface area contributed by atoms with E-state index >= 15 is 0 Å². The predicted octanol–water partition coefficient (Wildman–Crippen LogP) is 3.00. The van der Waals surface area contributed by atoms with Crippen molar-refractivity contribution in [3.63, 3.8) is 0 Å². The standard InChI is InChI=1S/C16H22N2O3/c1-15(2,3)21-14(19)18-9-7-16(18)10-12(11-16)20-13-6-4-5-8-17-13/h4-6,8,12H,7,9-11H2,1-3H3. The number of hydrogen-bond acceptors (Lipinski definition) is 4. The van der Waals surface area contributed by atoms with Crippen LogP contribution < -0.4 is 4.74 Å². The maximum absolute atomic E-state index is 12.2. The van der Waals surface area contributed by atoms with Crippen molar-refractivity contribution in [3.05, 3.63) is 24.4 Å². The summed E-state index contributed by atoms with van der Waals surface area (Å²) >= 11 is 0. The van der Waals surface area contributed by atoms with Crippen molar-refractivity contribution in [2.45, 2.75) is 57.3 Å². The third kappa shape index (κ3) is 2.82. The molecule has 3 rings (SSSR count). The molecule has 1 aromatic heterocycles. The number of ether oxygens (including phenoxy) is 2. The zero-order chi connectivity index (χ0) is 15.1. The number of hydrogen-bond donors (Lipinski definition) is 0. The summed E-state index contributed by atoms with van der Waals surface area (Å²) in [7, 11) is 0. The van der Waals surface area contributed by atoms with Gasteiger partial charge in [0.15, 0.2) is 0 Å². The van der Waals surface area contributed by atoms with Crippen LogP contribution >= 0.6 is 0 Å². The van der Waals surface area contributed by atoms with Crippen molar-refractivity contribution in [3.8, 4) is 5.88 Å². The fourth-order valence-electron chi connectivity index (χ4n) is 3.03. The maximum atomic E-state index is 12.2. The minimum atomic E-state index is -0.443. The third-order valence-electron chi connectivity index (χ3n) is 4.13. The molecule has 2 fully saturated rings. The van der Waals surface area contributed by atoms with E-state index < -0.39 is 5.60 Å². The predicted molar refractivity (Wildman–Crippen MR) is 78.2 cm³/mol. The molecule has 0 radical (unpaired) electrons. The van der Waals surface area contributed by atoms with Gasteiger partial charge >= 0.3 is 6.09 Å². The summed E-state index contributed by atoms with van der Waals surface area (Å²) in [6, 6.07) is 5.63. The summed E-state index contributed by atoms with van der Waals surface area (Å²) in [4.78, 5) is 18.2. The second kappa shape index (κ2) is 4.90. The Morgan fingerprint density at radius 1 is 1.38 bits per heavy atom. The molecule has 1 aromatic rings. The quantitative estimate of drug-likeness (QED) is 0.840. The maximum Gasteiger partial charge on any atom is 0.410 e. The molecule has 1 aliphatic carbocycles. The van der Waals surface area contributed by atoms with E-state index in [-0.39, 0.29) is 17.7 Å². The van der Waals surface area contributed by atoms with Crippen molar-refractivity contribution in [2.75, 3.05) is 6.54 Å². The summed E-state index contributed by atoms with van der Waals surface area (Å²) < 4.78 is 11.3. The van der Waals surface area contributed by atoms with Gasteiger partial charge in [0.05, 0.1) is 5.54 Å². The van der Waals surface area contributed by atoms with Crippen LogP contribution in [-0.2, 0) is 4.74 Å². The monoisotopic (exact) mass is 290 g/mol. The lowest BCUT2D eigenvalue weighted by Crippen LogP contribution is -2.70. The van der Waals surface area contributed by atoms with Crippen molar-refractivity contribution in [1.29, 1.82) is 0 Å². The molecule has 21 heavy (non-hydrogen) atoms. The summed E-state index contributed by atoms with van der Waals surface area (Å²) in [5.41, 5.74) is -0.483. The minimum Gasteiger partial charge on any atom is -0.474 e. The van der Waals surface area contributed by atoms with E-state index in [1.165, 1.54) is 0 Å².